The highest BCUT2D eigenvalue weighted by Crippen LogP contribution is 2.28. The highest BCUT2D eigenvalue weighted by molar-refractivity contribution is 7.92. The van der Waals surface area contributed by atoms with Crippen LogP contribution in [-0.4, -0.2) is 56.4 Å². The summed E-state index contributed by atoms with van der Waals surface area (Å²) in [6, 6.07) is 0.491. The Balaban J connectivity index is 0.00000264. The van der Waals surface area contributed by atoms with E-state index in [1.807, 2.05) is 6.92 Å². The lowest BCUT2D eigenvalue weighted by Crippen LogP contribution is -2.47. The van der Waals surface area contributed by atoms with Crippen molar-refractivity contribution in [3.63, 3.8) is 0 Å². The maximum atomic E-state index is 12.2. The number of hydrogen-bond donors (Lipinski definition) is 1. The molecule has 0 aromatic heterocycles. The zero-order valence-corrected chi connectivity index (χ0v) is 15.8. The third-order valence-electron chi connectivity index (χ3n) is 4.64. The Bertz CT molecular complexity index is 458. The Hall–Kier alpha value is -0.330. The minimum Gasteiger partial charge on any atom is -0.342 e. The summed E-state index contributed by atoms with van der Waals surface area (Å²) in [4.78, 5) is 13.9. The van der Waals surface area contributed by atoms with Crippen LogP contribution in [0, 0.1) is 5.92 Å². The predicted molar refractivity (Wildman–Crippen MR) is 95.8 cm³/mol. The van der Waals surface area contributed by atoms with E-state index >= 15 is 0 Å². The molecule has 2 fully saturated rings. The summed E-state index contributed by atoms with van der Waals surface area (Å²) in [7, 11) is -3.24. The van der Waals surface area contributed by atoms with E-state index in [-0.39, 0.29) is 29.8 Å². The molecule has 1 amide bonds. The highest BCUT2D eigenvalue weighted by Gasteiger charge is 2.27. The molecule has 0 unspecified atom stereocenters. The lowest BCUT2D eigenvalue weighted by molar-refractivity contribution is -0.129. The van der Waals surface area contributed by atoms with E-state index in [0.29, 0.717) is 25.6 Å². The van der Waals surface area contributed by atoms with Gasteiger partial charge >= 0.3 is 0 Å². The molecule has 0 bridgehead atoms. The average Bonchev–Trinajstić information content (AvgIpc) is 3.29. The predicted octanol–water partition coefficient (Wildman–Crippen LogP) is 2.00. The van der Waals surface area contributed by atoms with Crippen LogP contribution in [0.25, 0.3) is 0 Å². The van der Waals surface area contributed by atoms with E-state index in [1.54, 1.807) is 4.90 Å². The number of piperidine rings is 1. The first-order valence-electron chi connectivity index (χ1n) is 8.72. The number of sulfone groups is 1. The summed E-state index contributed by atoms with van der Waals surface area (Å²) in [6.07, 6.45) is 7.14. The minimum atomic E-state index is -3.24. The first-order chi connectivity index (χ1) is 10.5. The fourth-order valence-corrected chi connectivity index (χ4v) is 4.26. The summed E-state index contributed by atoms with van der Waals surface area (Å²) in [6.45, 7) is 4.51. The quantitative estimate of drug-likeness (QED) is 0.634. The zero-order valence-electron chi connectivity index (χ0n) is 14.1. The van der Waals surface area contributed by atoms with Gasteiger partial charge in [-0.3, -0.25) is 4.79 Å². The van der Waals surface area contributed by atoms with Gasteiger partial charge in [-0.25, -0.2) is 8.42 Å². The van der Waals surface area contributed by atoms with E-state index in [9.17, 15) is 13.2 Å². The van der Waals surface area contributed by atoms with E-state index < -0.39 is 9.84 Å². The van der Waals surface area contributed by atoms with E-state index in [1.165, 1.54) is 12.8 Å². The number of amides is 1. The zero-order chi connectivity index (χ0) is 16.0. The molecule has 1 saturated carbocycles. The van der Waals surface area contributed by atoms with Gasteiger partial charge in [-0.15, -0.1) is 12.4 Å². The van der Waals surface area contributed by atoms with Gasteiger partial charge in [0.15, 0.2) is 9.84 Å². The van der Waals surface area contributed by atoms with Crippen LogP contribution in [0.15, 0.2) is 0 Å². The molecule has 136 valence electrons. The summed E-state index contributed by atoms with van der Waals surface area (Å²) in [5.41, 5.74) is 0. The van der Waals surface area contributed by atoms with E-state index in [0.717, 1.165) is 38.1 Å². The topological polar surface area (TPSA) is 66.5 Å². The molecule has 1 aliphatic heterocycles. The Labute approximate surface area is 146 Å². The standard InChI is InChI=1S/C16H30N2O3S.ClH/c1-2-3-4-11-22(20,21)13-16(19)18-9-7-15(8-10-18)17-12-14-5-6-14;/h14-15,17H,2-13H2,1H3;1H. The summed E-state index contributed by atoms with van der Waals surface area (Å²) >= 11 is 0. The average molecular weight is 367 g/mol. The van der Waals surface area contributed by atoms with E-state index in [2.05, 4.69) is 5.32 Å². The molecule has 1 saturated heterocycles. The third kappa shape index (κ3) is 7.86. The second-order valence-electron chi connectivity index (χ2n) is 6.81. The van der Waals surface area contributed by atoms with Crippen molar-refractivity contribution in [3.05, 3.63) is 0 Å². The molecule has 23 heavy (non-hydrogen) atoms. The van der Waals surface area contributed by atoms with Crippen molar-refractivity contribution >= 4 is 28.2 Å². The van der Waals surface area contributed by atoms with Gasteiger partial charge in [-0.1, -0.05) is 19.8 Å². The van der Waals surface area contributed by atoms with Crippen molar-refractivity contribution in [2.24, 2.45) is 5.92 Å². The number of halogens is 1. The first kappa shape index (κ1) is 20.7. The number of nitrogens with one attached hydrogen (secondary N) is 1. The number of unbranched alkanes of at least 4 members (excludes halogenated alkanes) is 2. The molecule has 2 rings (SSSR count). The van der Waals surface area contributed by atoms with Crippen LogP contribution >= 0.6 is 12.4 Å². The van der Waals surface area contributed by atoms with Crippen LogP contribution < -0.4 is 5.32 Å². The molecule has 1 aliphatic carbocycles. The van der Waals surface area contributed by atoms with Crippen molar-refractivity contribution < 1.29 is 13.2 Å². The lowest BCUT2D eigenvalue weighted by atomic mass is 10.0. The van der Waals surface area contributed by atoms with Gasteiger partial charge in [0.25, 0.3) is 0 Å². The number of rotatable bonds is 9. The Morgan fingerprint density at radius 1 is 1.13 bits per heavy atom. The normalized spacial score (nSPS) is 19.4. The fourth-order valence-electron chi connectivity index (χ4n) is 2.91. The van der Waals surface area contributed by atoms with Gasteiger partial charge in [-0.2, -0.15) is 0 Å². The van der Waals surface area contributed by atoms with Crippen LogP contribution in [0.5, 0.6) is 0 Å². The summed E-state index contributed by atoms with van der Waals surface area (Å²) in [5, 5.41) is 3.57. The van der Waals surface area contributed by atoms with Gasteiger partial charge in [0.1, 0.15) is 5.75 Å². The highest BCUT2D eigenvalue weighted by atomic mass is 35.5. The molecule has 5 nitrogen and oxygen atoms in total. The van der Waals surface area contributed by atoms with Crippen molar-refractivity contribution in [1.82, 2.24) is 10.2 Å². The molecule has 7 heteroatoms. The number of hydrogen-bond acceptors (Lipinski definition) is 4. The van der Waals surface area contributed by atoms with Gasteiger partial charge < -0.3 is 10.2 Å². The van der Waals surface area contributed by atoms with Crippen LogP contribution in [-0.2, 0) is 14.6 Å². The molecule has 0 aromatic carbocycles. The molecule has 0 atom stereocenters. The molecule has 2 aliphatic rings. The van der Waals surface area contributed by atoms with E-state index in [4.69, 9.17) is 0 Å². The summed E-state index contributed by atoms with van der Waals surface area (Å²) in [5.74, 6) is 0.494. The van der Waals surface area contributed by atoms with Crippen molar-refractivity contribution in [2.45, 2.75) is 57.9 Å². The van der Waals surface area contributed by atoms with Gasteiger partial charge in [0, 0.05) is 19.1 Å². The number of carbonyl (C=O) groups is 1. The first-order valence-corrected chi connectivity index (χ1v) is 10.5. The largest absolute Gasteiger partial charge is 0.342 e. The van der Waals surface area contributed by atoms with Crippen molar-refractivity contribution in [3.8, 4) is 0 Å². The lowest BCUT2D eigenvalue weighted by Gasteiger charge is -2.32. The Morgan fingerprint density at radius 3 is 2.35 bits per heavy atom. The number of likely N-dealkylation sites (tertiary alicyclic amines) is 1. The Morgan fingerprint density at radius 2 is 1.78 bits per heavy atom. The SMILES string of the molecule is CCCCCS(=O)(=O)CC(=O)N1CCC(NCC2CC2)CC1.Cl. The molecule has 1 heterocycles. The molecular weight excluding hydrogens is 336 g/mol. The molecule has 0 aromatic rings. The second-order valence-corrected chi connectivity index (χ2v) is 8.99. The van der Waals surface area contributed by atoms with Gasteiger partial charge in [-0.05, 0) is 44.6 Å². The van der Waals surface area contributed by atoms with Crippen molar-refractivity contribution in [1.29, 1.82) is 0 Å². The second kappa shape index (κ2) is 9.84. The Kier molecular flexibility index (Phi) is 8.86. The smallest absolute Gasteiger partial charge is 0.237 e. The molecule has 0 spiro atoms. The van der Waals surface area contributed by atoms with Crippen LogP contribution in [0.1, 0.15) is 51.9 Å². The minimum absolute atomic E-state index is 0. The van der Waals surface area contributed by atoms with Crippen LogP contribution in [0.2, 0.25) is 0 Å². The van der Waals surface area contributed by atoms with Crippen molar-refractivity contribution in [2.75, 3.05) is 31.1 Å². The molecule has 0 radical (unpaired) electrons. The maximum absolute atomic E-state index is 12.2. The molecular formula is C16H31ClN2O3S. The van der Waals surface area contributed by atoms with Crippen LogP contribution in [0.4, 0.5) is 0 Å². The third-order valence-corrected chi connectivity index (χ3v) is 6.24. The monoisotopic (exact) mass is 366 g/mol. The summed E-state index contributed by atoms with van der Waals surface area (Å²) < 4.78 is 23.9. The number of carbonyl (C=O) groups excluding carboxylic acids is 1. The fraction of sp³-hybridized carbons (Fsp3) is 0.938. The van der Waals surface area contributed by atoms with Gasteiger partial charge in [0.2, 0.25) is 5.91 Å². The van der Waals surface area contributed by atoms with Crippen LogP contribution in [0.3, 0.4) is 0 Å². The van der Waals surface area contributed by atoms with Gasteiger partial charge in [0.05, 0.1) is 5.75 Å². The maximum Gasteiger partial charge on any atom is 0.237 e. The number of nitrogens with zero attached hydrogens (tertiary/aromatic N) is 1. The molecule has 1 N–H and O–H groups in total.